The van der Waals surface area contributed by atoms with E-state index in [9.17, 15) is 0 Å². The standard InChI is InChI=1S/C10H10N2O2S/c13-15-7-3-4-9-8(5-7)10(12-14-9)11-6-1-2-6/h3-6,13H,1-2H2,(H,11,12). The first-order valence-corrected chi connectivity index (χ1v) is 5.61. The maximum Gasteiger partial charge on any atom is 0.177 e. The summed E-state index contributed by atoms with van der Waals surface area (Å²) in [5.41, 5.74) is 0.746. The van der Waals surface area contributed by atoms with Gasteiger partial charge >= 0.3 is 0 Å². The van der Waals surface area contributed by atoms with Gasteiger partial charge in [-0.25, -0.2) is 0 Å². The van der Waals surface area contributed by atoms with E-state index in [1.807, 2.05) is 12.1 Å². The molecular weight excluding hydrogens is 212 g/mol. The van der Waals surface area contributed by atoms with Crippen LogP contribution >= 0.6 is 12.0 Å². The molecule has 0 amide bonds. The molecule has 5 heteroatoms. The molecule has 2 N–H and O–H groups in total. The Morgan fingerprint density at radius 3 is 3.07 bits per heavy atom. The SMILES string of the molecule is OSc1ccc2onc(NC3CC3)c2c1. The quantitative estimate of drug-likeness (QED) is 0.782. The van der Waals surface area contributed by atoms with E-state index in [0.29, 0.717) is 6.04 Å². The van der Waals surface area contributed by atoms with E-state index < -0.39 is 0 Å². The normalized spacial score (nSPS) is 15.8. The first-order chi connectivity index (χ1) is 7.36. The molecule has 4 nitrogen and oxygen atoms in total. The van der Waals surface area contributed by atoms with Gasteiger partial charge in [0.2, 0.25) is 0 Å². The summed E-state index contributed by atoms with van der Waals surface area (Å²) in [6.07, 6.45) is 2.39. The minimum Gasteiger partial charge on any atom is -0.364 e. The molecule has 1 fully saturated rings. The highest BCUT2D eigenvalue weighted by atomic mass is 32.2. The zero-order valence-corrected chi connectivity index (χ0v) is 8.75. The molecule has 1 heterocycles. The molecule has 1 aromatic carbocycles. The highest BCUT2D eigenvalue weighted by molar-refractivity contribution is 7.93. The lowest BCUT2D eigenvalue weighted by atomic mass is 10.2. The molecule has 0 saturated heterocycles. The number of aromatic nitrogens is 1. The zero-order valence-electron chi connectivity index (χ0n) is 7.93. The number of fused-ring (bicyclic) bond motifs is 1. The number of benzene rings is 1. The highest BCUT2D eigenvalue weighted by Gasteiger charge is 2.23. The lowest BCUT2D eigenvalue weighted by Gasteiger charge is -1.98. The monoisotopic (exact) mass is 222 g/mol. The van der Waals surface area contributed by atoms with E-state index in [4.69, 9.17) is 9.08 Å². The number of nitrogens with one attached hydrogen (secondary N) is 1. The van der Waals surface area contributed by atoms with Crippen LogP contribution in [0.25, 0.3) is 11.0 Å². The number of rotatable bonds is 3. The lowest BCUT2D eigenvalue weighted by molar-refractivity contribution is 0.459. The molecular formula is C10H10N2O2S. The van der Waals surface area contributed by atoms with Crippen molar-refractivity contribution in [2.75, 3.05) is 5.32 Å². The fourth-order valence-electron chi connectivity index (χ4n) is 1.50. The van der Waals surface area contributed by atoms with E-state index >= 15 is 0 Å². The van der Waals surface area contributed by atoms with Crippen molar-refractivity contribution in [1.29, 1.82) is 0 Å². The van der Waals surface area contributed by atoms with Crippen LogP contribution < -0.4 is 5.32 Å². The first-order valence-electron chi connectivity index (χ1n) is 4.84. The molecule has 0 spiro atoms. The topological polar surface area (TPSA) is 58.3 Å². The molecule has 3 rings (SSSR count). The number of nitrogens with zero attached hydrogens (tertiary/aromatic N) is 1. The Morgan fingerprint density at radius 1 is 1.47 bits per heavy atom. The van der Waals surface area contributed by atoms with Crippen molar-refractivity contribution in [3.8, 4) is 0 Å². The van der Waals surface area contributed by atoms with Crippen LogP contribution in [-0.4, -0.2) is 15.8 Å². The van der Waals surface area contributed by atoms with Crippen LogP contribution in [0.1, 0.15) is 12.8 Å². The summed E-state index contributed by atoms with van der Waals surface area (Å²) >= 11 is 0.733. The third kappa shape index (κ3) is 1.68. The summed E-state index contributed by atoms with van der Waals surface area (Å²) in [6.45, 7) is 0. The minimum absolute atomic E-state index is 0.545. The molecule has 1 aliphatic carbocycles. The van der Waals surface area contributed by atoms with E-state index in [0.717, 1.165) is 33.7 Å². The van der Waals surface area contributed by atoms with Crippen molar-refractivity contribution in [3.05, 3.63) is 18.2 Å². The third-order valence-electron chi connectivity index (χ3n) is 2.47. The molecule has 0 radical (unpaired) electrons. The maximum atomic E-state index is 8.96. The molecule has 15 heavy (non-hydrogen) atoms. The molecule has 1 aliphatic rings. The minimum atomic E-state index is 0.545. The number of anilines is 1. The average molecular weight is 222 g/mol. The van der Waals surface area contributed by atoms with Gasteiger partial charge < -0.3 is 14.4 Å². The maximum absolute atomic E-state index is 8.96. The van der Waals surface area contributed by atoms with Gasteiger partial charge in [-0.15, -0.1) is 0 Å². The lowest BCUT2D eigenvalue weighted by Crippen LogP contribution is -2.00. The number of hydrogen-bond acceptors (Lipinski definition) is 5. The summed E-state index contributed by atoms with van der Waals surface area (Å²) in [6, 6.07) is 6.04. The molecule has 0 bridgehead atoms. The predicted octanol–water partition coefficient (Wildman–Crippen LogP) is 2.97. The van der Waals surface area contributed by atoms with Crippen molar-refractivity contribution in [2.45, 2.75) is 23.8 Å². The first kappa shape index (κ1) is 9.06. The van der Waals surface area contributed by atoms with E-state index in [-0.39, 0.29) is 0 Å². The van der Waals surface area contributed by atoms with E-state index in [1.54, 1.807) is 6.07 Å². The predicted molar refractivity (Wildman–Crippen MR) is 59.1 cm³/mol. The van der Waals surface area contributed by atoms with Gasteiger partial charge in [-0.2, -0.15) is 0 Å². The van der Waals surface area contributed by atoms with Crippen LogP contribution in [0.2, 0.25) is 0 Å². The van der Waals surface area contributed by atoms with Gasteiger partial charge in [-0.05, 0) is 31.0 Å². The van der Waals surface area contributed by atoms with Crippen LogP contribution in [0, 0.1) is 0 Å². The van der Waals surface area contributed by atoms with Crippen molar-refractivity contribution in [2.24, 2.45) is 0 Å². The van der Waals surface area contributed by atoms with Gasteiger partial charge in [0.15, 0.2) is 11.4 Å². The van der Waals surface area contributed by atoms with Crippen LogP contribution in [0.3, 0.4) is 0 Å². The fourth-order valence-corrected chi connectivity index (χ4v) is 1.80. The smallest absolute Gasteiger partial charge is 0.177 e. The largest absolute Gasteiger partial charge is 0.364 e. The van der Waals surface area contributed by atoms with Crippen LogP contribution in [0.5, 0.6) is 0 Å². The highest BCUT2D eigenvalue weighted by Crippen LogP contribution is 2.31. The van der Waals surface area contributed by atoms with Gasteiger partial charge in [-0.3, -0.25) is 0 Å². The molecule has 0 aliphatic heterocycles. The average Bonchev–Trinajstić information content (AvgIpc) is 3.00. The van der Waals surface area contributed by atoms with Crippen LogP contribution in [0.4, 0.5) is 5.82 Å². The zero-order chi connectivity index (χ0) is 10.3. The molecule has 78 valence electrons. The fraction of sp³-hybridized carbons (Fsp3) is 0.300. The van der Waals surface area contributed by atoms with Crippen molar-refractivity contribution in [3.63, 3.8) is 0 Å². The Bertz CT molecular complexity index is 493. The Balaban J connectivity index is 2.04. The van der Waals surface area contributed by atoms with Crippen molar-refractivity contribution < 1.29 is 9.08 Å². The second-order valence-corrected chi connectivity index (χ2v) is 4.35. The molecule has 2 aromatic rings. The summed E-state index contributed by atoms with van der Waals surface area (Å²) in [7, 11) is 0. The summed E-state index contributed by atoms with van der Waals surface area (Å²) in [5, 5.41) is 8.20. The second-order valence-electron chi connectivity index (χ2n) is 3.70. The van der Waals surface area contributed by atoms with Crippen molar-refractivity contribution in [1.82, 2.24) is 5.16 Å². The van der Waals surface area contributed by atoms with Crippen molar-refractivity contribution >= 4 is 28.8 Å². The van der Waals surface area contributed by atoms with Crippen LogP contribution in [0.15, 0.2) is 27.6 Å². The third-order valence-corrected chi connectivity index (χ3v) is 2.93. The number of hydrogen-bond donors (Lipinski definition) is 2. The van der Waals surface area contributed by atoms with Gasteiger partial charge in [0.05, 0.1) is 5.39 Å². The molecule has 0 atom stereocenters. The van der Waals surface area contributed by atoms with Crippen LogP contribution in [-0.2, 0) is 0 Å². The molecule has 0 unspecified atom stereocenters. The van der Waals surface area contributed by atoms with Gasteiger partial charge in [-0.1, -0.05) is 5.16 Å². The Labute approximate surface area is 90.8 Å². The summed E-state index contributed by atoms with van der Waals surface area (Å²) in [5.74, 6) is 0.781. The Kier molecular flexibility index (Phi) is 2.07. The van der Waals surface area contributed by atoms with E-state index in [2.05, 4.69) is 10.5 Å². The summed E-state index contributed by atoms with van der Waals surface area (Å²) in [4.78, 5) is 0.796. The molecule has 1 saturated carbocycles. The van der Waals surface area contributed by atoms with Gasteiger partial charge in [0, 0.05) is 23.0 Å². The molecule has 1 aromatic heterocycles. The summed E-state index contributed by atoms with van der Waals surface area (Å²) < 4.78 is 14.1. The van der Waals surface area contributed by atoms with Gasteiger partial charge in [0.1, 0.15) is 0 Å². The van der Waals surface area contributed by atoms with Gasteiger partial charge in [0.25, 0.3) is 0 Å². The van der Waals surface area contributed by atoms with E-state index in [1.165, 1.54) is 12.8 Å². The second kappa shape index (κ2) is 3.43. The Hall–Kier alpha value is -1.20. The Morgan fingerprint density at radius 2 is 2.33 bits per heavy atom.